The highest BCUT2D eigenvalue weighted by Crippen LogP contribution is 2.19. The van der Waals surface area contributed by atoms with Crippen LogP contribution in [0.3, 0.4) is 0 Å². The molecule has 1 saturated heterocycles. The van der Waals surface area contributed by atoms with Crippen LogP contribution < -0.4 is 0 Å². The minimum Gasteiger partial charge on any atom is -0.379 e. The van der Waals surface area contributed by atoms with E-state index in [-0.39, 0.29) is 23.0 Å². The van der Waals surface area contributed by atoms with Crippen molar-refractivity contribution in [1.82, 2.24) is 0 Å². The van der Waals surface area contributed by atoms with Crippen molar-refractivity contribution in [2.24, 2.45) is 0 Å². The molecule has 12 heteroatoms. The number of ether oxygens (including phenoxy) is 4. The van der Waals surface area contributed by atoms with Crippen LogP contribution in [0, 0.1) is 13.8 Å². The van der Waals surface area contributed by atoms with Gasteiger partial charge in [0.15, 0.2) is 0 Å². The SMILES string of the molecule is Cc1ccc(S(=O)(=O)OCC2OCCCOCCOCCCO[C@H]2COS(=O)(=O)c2ccc(C)cc2)cc1. The molecule has 2 aromatic carbocycles. The summed E-state index contributed by atoms with van der Waals surface area (Å²) < 4.78 is 84.7. The van der Waals surface area contributed by atoms with Gasteiger partial charge in [-0.15, -0.1) is 0 Å². The first-order chi connectivity index (χ1) is 18.2. The van der Waals surface area contributed by atoms with Crippen molar-refractivity contribution in [2.45, 2.75) is 48.7 Å². The lowest BCUT2D eigenvalue weighted by molar-refractivity contribution is -0.108. The monoisotopic (exact) mass is 572 g/mol. The number of hydrogen-bond acceptors (Lipinski definition) is 10. The number of hydrogen-bond donors (Lipinski definition) is 0. The maximum atomic E-state index is 12.8. The van der Waals surface area contributed by atoms with Crippen LogP contribution in [0.15, 0.2) is 58.3 Å². The summed E-state index contributed by atoms with van der Waals surface area (Å²) in [5.74, 6) is 0. The molecule has 0 radical (unpaired) electrons. The molecule has 38 heavy (non-hydrogen) atoms. The van der Waals surface area contributed by atoms with Crippen molar-refractivity contribution < 1.29 is 44.1 Å². The lowest BCUT2D eigenvalue weighted by atomic mass is 10.2. The molecule has 2 atom stereocenters. The number of rotatable bonds is 8. The van der Waals surface area contributed by atoms with Crippen LogP contribution in [0.1, 0.15) is 24.0 Å². The summed E-state index contributed by atoms with van der Waals surface area (Å²) in [6, 6.07) is 12.5. The van der Waals surface area contributed by atoms with Gasteiger partial charge < -0.3 is 18.9 Å². The van der Waals surface area contributed by atoms with Crippen molar-refractivity contribution in [3.63, 3.8) is 0 Å². The quantitative estimate of drug-likeness (QED) is 0.436. The van der Waals surface area contributed by atoms with Crippen molar-refractivity contribution in [2.75, 3.05) is 52.9 Å². The summed E-state index contributed by atoms with van der Waals surface area (Å²) in [6.45, 7) is 5.07. The first-order valence-electron chi connectivity index (χ1n) is 12.5. The second kappa shape index (κ2) is 15.0. The molecule has 2 aromatic rings. The topological polar surface area (TPSA) is 124 Å². The van der Waals surface area contributed by atoms with Gasteiger partial charge in [0, 0.05) is 26.4 Å². The molecule has 1 heterocycles. The molecule has 1 aliphatic heterocycles. The smallest absolute Gasteiger partial charge is 0.297 e. The zero-order valence-corrected chi connectivity index (χ0v) is 23.4. The molecule has 1 unspecified atom stereocenters. The maximum Gasteiger partial charge on any atom is 0.297 e. The predicted octanol–water partition coefficient (Wildman–Crippen LogP) is 3.01. The molecule has 0 amide bonds. The molecule has 212 valence electrons. The Morgan fingerprint density at radius 1 is 0.605 bits per heavy atom. The maximum absolute atomic E-state index is 12.8. The third kappa shape index (κ3) is 10.0. The average Bonchev–Trinajstić information content (AvgIpc) is 2.88. The molecular weight excluding hydrogens is 536 g/mol. The van der Waals surface area contributed by atoms with Crippen LogP contribution in [0.4, 0.5) is 0 Å². The normalized spacial score (nSPS) is 21.0. The Hall–Kier alpha value is -1.90. The van der Waals surface area contributed by atoms with Crippen molar-refractivity contribution >= 4 is 20.2 Å². The summed E-state index contributed by atoms with van der Waals surface area (Å²) in [6.07, 6.45) is -0.827. The lowest BCUT2D eigenvalue weighted by Gasteiger charge is -2.27. The van der Waals surface area contributed by atoms with Crippen molar-refractivity contribution in [3.05, 3.63) is 59.7 Å². The highest BCUT2D eigenvalue weighted by Gasteiger charge is 2.29. The number of aryl methyl sites for hydroxylation is 2. The lowest BCUT2D eigenvalue weighted by Crippen LogP contribution is -2.41. The van der Waals surface area contributed by atoms with E-state index in [1.165, 1.54) is 24.3 Å². The summed E-state index contributed by atoms with van der Waals surface area (Å²) in [5, 5.41) is 0. The van der Waals surface area contributed by atoms with Gasteiger partial charge in [-0.1, -0.05) is 35.4 Å². The Morgan fingerprint density at radius 3 is 1.34 bits per heavy atom. The highest BCUT2D eigenvalue weighted by molar-refractivity contribution is 7.87. The van der Waals surface area contributed by atoms with Gasteiger partial charge >= 0.3 is 0 Å². The molecule has 0 aromatic heterocycles. The van der Waals surface area contributed by atoms with Gasteiger partial charge in [-0.3, -0.25) is 8.37 Å². The summed E-state index contributed by atoms with van der Waals surface area (Å²) in [5.41, 5.74) is 1.81. The fourth-order valence-corrected chi connectivity index (χ4v) is 5.34. The minimum atomic E-state index is -4.09. The molecule has 0 bridgehead atoms. The standard InChI is InChI=1S/C26H36O10S2/c1-21-5-9-23(10-6-21)37(27,28)35-19-25-26(20-36-38(29,30)24-11-7-22(2)8-12-24)34-16-4-14-32-18-17-31-13-3-15-33-25/h5-12,25-26H,3-4,13-20H2,1-2H3/t25-,26?/m0/s1. The van der Waals surface area contributed by atoms with Crippen LogP contribution in [0.2, 0.25) is 0 Å². The summed E-state index contributed by atoms with van der Waals surface area (Å²) in [7, 11) is -8.18. The van der Waals surface area contributed by atoms with Gasteiger partial charge in [0.2, 0.25) is 0 Å². The van der Waals surface area contributed by atoms with E-state index in [2.05, 4.69) is 0 Å². The average molecular weight is 573 g/mol. The van der Waals surface area contributed by atoms with E-state index >= 15 is 0 Å². The fraction of sp³-hybridized carbons (Fsp3) is 0.538. The van der Waals surface area contributed by atoms with Crippen LogP contribution in [0.5, 0.6) is 0 Å². The Bertz CT molecular complexity index is 1080. The zero-order valence-electron chi connectivity index (χ0n) is 21.7. The molecule has 0 spiro atoms. The van der Waals surface area contributed by atoms with Gasteiger partial charge in [-0.2, -0.15) is 16.8 Å². The Balaban J connectivity index is 1.75. The first-order valence-corrected chi connectivity index (χ1v) is 15.3. The Kier molecular flexibility index (Phi) is 12.1. The van der Waals surface area contributed by atoms with Crippen LogP contribution >= 0.6 is 0 Å². The molecule has 0 aliphatic carbocycles. The van der Waals surface area contributed by atoms with Crippen LogP contribution in [-0.4, -0.2) is 81.9 Å². The van der Waals surface area contributed by atoms with E-state index in [9.17, 15) is 16.8 Å². The second-order valence-electron chi connectivity index (χ2n) is 8.85. The van der Waals surface area contributed by atoms with Gasteiger partial charge in [-0.25, -0.2) is 0 Å². The van der Waals surface area contributed by atoms with Gasteiger partial charge in [0.25, 0.3) is 20.2 Å². The molecule has 10 nitrogen and oxygen atoms in total. The zero-order chi connectivity index (χ0) is 27.4. The summed E-state index contributed by atoms with van der Waals surface area (Å²) >= 11 is 0. The first kappa shape index (κ1) is 30.6. The van der Waals surface area contributed by atoms with E-state index < -0.39 is 45.7 Å². The van der Waals surface area contributed by atoms with Gasteiger partial charge in [0.05, 0.1) is 36.2 Å². The molecule has 1 fully saturated rings. The molecule has 0 saturated carbocycles. The second-order valence-corrected chi connectivity index (χ2v) is 12.1. The van der Waals surface area contributed by atoms with Crippen molar-refractivity contribution in [3.8, 4) is 0 Å². The van der Waals surface area contributed by atoms with E-state index in [1.807, 2.05) is 13.8 Å². The highest BCUT2D eigenvalue weighted by atomic mass is 32.2. The molecule has 0 N–H and O–H groups in total. The van der Waals surface area contributed by atoms with Crippen molar-refractivity contribution in [1.29, 1.82) is 0 Å². The van der Waals surface area contributed by atoms with Crippen LogP contribution in [-0.2, 0) is 47.5 Å². The van der Waals surface area contributed by atoms with E-state index in [1.54, 1.807) is 24.3 Å². The van der Waals surface area contributed by atoms with E-state index in [4.69, 9.17) is 27.3 Å². The van der Waals surface area contributed by atoms with Gasteiger partial charge in [-0.05, 0) is 51.0 Å². The Labute approximate surface area is 225 Å². The number of benzene rings is 2. The molecule has 1 aliphatic rings. The minimum absolute atomic E-state index is 0.00482. The van der Waals surface area contributed by atoms with Gasteiger partial charge in [0.1, 0.15) is 12.2 Å². The molecule has 3 rings (SSSR count). The molecular formula is C26H36O10S2. The van der Waals surface area contributed by atoms with E-state index in [0.717, 1.165) is 11.1 Å². The van der Waals surface area contributed by atoms with Crippen LogP contribution in [0.25, 0.3) is 0 Å². The largest absolute Gasteiger partial charge is 0.379 e. The predicted molar refractivity (Wildman–Crippen MR) is 139 cm³/mol. The van der Waals surface area contributed by atoms with E-state index in [0.29, 0.717) is 39.3 Å². The summed E-state index contributed by atoms with van der Waals surface area (Å²) in [4.78, 5) is 0.00964. The Morgan fingerprint density at radius 2 is 0.974 bits per heavy atom. The third-order valence-corrected chi connectivity index (χ3v) is 8.30. The fourth-order valence-electron chi connectivity index (χ4n) is 3.50. The third-order valence-electron chi connectivity index (χ3n) is 5.71.